The van der Waals surface area contributed by atoms with Gasteiger partial charge in [-0.2, -0.15) is 0 Å². The lowest BCUT2D eigenvalue weighted by Crippen LogP contribution is -2.33. The molecule has 2 aliphatic rings. The normalized spacial score (nSPS) is 17.2. The summed E-state index contributed by atoms with van der Waals surface area (Å²) in [5.41, 5.74) is 1.40. The number of aromatic nitrogens is 3. The second-order valence-electron chi connectivity index (χ2n) is 8.74. The van der Waals surface area contributed by atoms with Gasteiger partial charge in [0.05, 0.1) is 11.3 Å². The molecule has 0 bridgehead atoms. The van der Waals surface area contributed by atoms with Crippen molar-refractivity contribution in [3.8, 4) is 17.2 Å². The number of rotatable bonds is 7. The van der Waals surface area contributed by atoms with Crippen LogP contribution in [0.2, 0.25) is 0 Å². The summed E-state index contributed by atoms with van der Waals surface area (Å²) in [6.07, 6.45) is 3.56. The van der Waals surface area contributed by atoms with E-state index in [1.54, 1.807) is 30.3 Å². The highest BCUT2D eigenvalue weighted by Gasteiger charge is 2.27. The number of piperidine rings is 1. The predicted molar refractivity (Wildman–Crippen MR) is 132 cm³/mol. The van der Waals surface area contributed by atoms with Crippen molar-refractivity contribution in [2.75, 3.05) is 25.2 Å². The zero-order valence-corrected chi connectivity index (χ0v) is 20.6. The average molecular weight is 498 g/mol. The molecule has 1 aromatic heterocycles. The molecule has 1 amide bonds. The molecule has 35 heavy (non-hydrogen) atoms. The first-order valence-corrected chi connectivity index (χ1v) is 12.7. The first-order chi connectivity index (χ1) is 17.0. The monoisotopic (exact) mass is 497 g/mol. The number of thioether (sulfide) groups is 1. The molecule has 10 heteroatoms. The molecule has 0 unspecified atom stereocenters. The molecule has 1 N–H and O–H groups in total. The van der Waals surface area contributed by atoms with E-state index in [0.717, 1.165) is 37.4 Å². The fourth-order valence-electron chi connectivity index (χ4n) is 4.36. The third-order valence-electron chi connectivity index (χ3n) is 6.35. The van der Waals surface area contributed by atoms with Crippen molar-refractivity contribution >= 4 is 23.4 Å². The Balaban J connectivity index is 1.37. The number of hydrogen-bond acceptors (Lipinski definition) is 7. The number of carbonyl (C=O) groups excluding carboxylic acids is 1. The number of benzene rings is 2. The predicted octanol–water partition coefficient (Wildman–Crippen LogP) is 4.80. The molecule has 0 radical (unpaired) electrons. The Labute approximate surface area is 207 Å². The van der Waals surface area contributed by atoms with Crippen LogP contribution < -0.4 is 14.8 Å². The van der Waals surface area contributed by atoms with Gasteiger partial charge >= 0.3 is 0 Å². The summed E-state index contributed by atoms with van der Waals surface area (Å²) in [5, 5.41) is 12.0. The Morgan fingerprint density at radius 2 is 1.77 bits per heavy atom. The van der Waals surface area contributed by atoms with Gasteiger partial charge in [-0.05, 0) is 76.2 Å². The number of nitrogens with one attached hydrogen (secondary N) is 1. The molecule has 0 aliphatic carbocycles. The SMILES string of the molecule is C[C@H](Sc1nnc([C@@H](C)N2CCCCC2)n1-c1ccc(F)cc1)C(=O)Nc1ccc2c(c1)OCO2. The van der Waals surface area contributed by atoms with Gasteiger partial charge in [-0.1, -0.05) is 18.2 Å². The van der Waals surface area contributed by atoms with Gasteiger partial charge in [0.1, 0.15) is 5.82 Å². The molecule has 0 saturated carbocycles. The Kier molecular flexibility index (Phi) is 6.92. The van der Waals surface area contributed by atoms with Crippen LogP contribution in [0.15, 0.2) is 47.6 Å². The molecule has 184 valence electrons. The van der Waals surface area contributed by atoms with E-state index in [2.05, 4.69) is 27.3 Å². The van der Waals surface area contributed by atoms with Crippen LogP contribution in [0.4, 0.5) is 10.1 Å². The lowest BCUT2D eigenvalue weighted by Gasteiger charge is -2.32. The van der Waals surface area contributed by atoms with Crippen LogP contribution in [-0.4, -0.2) is 50.7 Å². The highest BCUT2D eigenvalue weighted by Crippen LogP contribution is 2.35. The number of carbonyl (C=O) groups is 1. The minimum Gasteiger partial charge on any atom is -0.454 e. The van der Waals surface area contributed by atoms with Crippen molar-refractivity contribution in [2.24, 2.45) is 0 Å². The van der Waals surface area contributed by atoms with E-state index >= 15 is 0 Å². The van der Waals surface area contributed by atoms with Gasteiger partial charge in [0.2, 0.25) is 12.7 Å². The molecular weight excluding hydrogens is 469 g/mol. The van der Waals surface area contributed by atoms with Crippen LogP contribution in [0.1, 0.15) is 45.0 Å². The van der Waals surface area contributed by atoms with Gasteiger partial charge in [0, 0.05) is 17.4 Å². The highest BCUT2D eigenvalue weighted by molar-refractivity contribution is 8.00. The molecule has 1 fully saturated rings. The Morgan fingerprint density at radius 3 is 2.54 bits per heavy atom. The number of amides is 1. The smallest absolute Gasteiger partial charge is 0.237 e. The van der Waals surface area contributed by atoms with Crippen molar-refractivity contribution in [2.45, 2.75) is 49.6 Å². The van der Waals surface area contributed by atoms with Crippen LogP contribution in [0.5, 0.6) is 11.5 Å². The van der Waals surface area contributed by atoms with Gasteiger partial charge in [-0.3, -0.25) is 14.3 Å². The molecule has 3 aromatic rings. The van der Waals surface area contributed by atoms with Crippen LogP contribution in [0.3, 0.4) is 0 Å². The first kappa shape index (κ1) is 23.6. The molecule has 1 saturated heterocycles. The maximum atomic E-state index is 13.7. The molecule has 2 aromatic carbocycles. The van der Waals surface area contributed by atoms with Crippen LogP contribution in [-0.2, 0) is 4.79 Å². The van der Waals surface area contributed by atoms with E-state index in [9.17, 15) is 9.18 Å². The molecule has 5 rings (SSSR count). The van der Waals surface area contributed by atoms with Gasteiger partial charge in [-0.15, -0.1) is 10.2 Å². The largest absolute Gasteiger partial charge is 0.454 e. The van der Waals surface area contributed by atoms with Crippen molar-refractivity contribution in [3.05, 3.63) is 54.1 Å². The third kappa shape index (κ3) is 5.13. The number of likely N-dealkylation sites (tertiary alicyclic amines) is 1. The minimum absolute atomic E-state index is 0.0416. The van der Waals surface area contributed by atoms with E-state index in [4.69, 9.17) is 9.47 Å². The number of anilines is 1. The average Bonchev–Trinajstić information content (AvgIpc) is 3.51. The molecule has 8 nitrogen and oxygen atoms in total. The zero-order chi connectivity index (χ0) is 24.4. The zero-order valence-electron chi connectivity index (χ0n) is 19.7. The van der Waals surface area contributed by atoms with E-state index in [0.29, 0.717) is 22.3 Å². The first-order valence-electron chi connectivity index (χ1n) is 11.8. The van der Waals surface area contributed by atoms with E-state index < -0.39 is 5.25 Å². The van der Waals surface area contributed by atoms with Crippen molar-refractivity contribution in [1.29, 1.82) is 0 Å². The Bertz CT molecular complexity index is 1200. The Hall–Kier alpha value is -3.11. The number of nitrogens with zero attached hydrogens (tertiary/aromatic N) is 4. The van der Waals surface area contributed by atoms with Gasteiger partial charge < -0.3 is 14.8 Å². The summed E-state index contributed by atoms with van der Waals surface area (Å²) < 4.78 is 26.3. The van der Waals surface area contributed by atoms with E-state index in [-0.39, 0.29) is 24.6 Å². The van der Waals surface area contributed by atoms with Crippen LogP contribution in [0.25, 0.3) is 5.69 Å². The summed E-state index contributed by atoms with van der Waals surface area (Å²) in [6, 6.07) is 11.6. The third-order valence-corrected chi connectivity index (χ3v) is 7.39. The standard InChI is InChI=1S/C25H28FN5O3S/c1-16(30-12-4-3-5-13-30)23-28-29-25(31(23)20-9-6-18(26)7-10-20)35-17(2)24(32)27-19-8-11-21-22(14-19)34-15-33-21/h6-11,14,16-17H,3-5,12-13,15H2,1-2H3,(H,27,32)/t16-,17+/m1/s1. The molecular formula is C25H28FN5O3S. The van der Waals surface area contributed by atoms with Gasteiger partial charge in [-0.25, -0.2) is 4.39 Å². The lowest BCUT2D eigenvalue weighted by atomic mass is 10.1. The molecule has 3 heterocycles. The van der Waals surface area contributed by atoms with Crippen LogP contribution in [0, 0.1) is 5.82 Å². The number of ether oxygens (including phenoxy) is 2. The lowest BCUT2D eigenvalue weighted by molar-refractivity contribution is -0.115. The molecule has 2 atom stereocenters. The van der Waals surface area contributed by atoms with Crippen LogP contribution >= 0.6 is 11.8 Å². The quantitative estimate of drug-likeness (QED) is 0.470. The molecule has 2 aliphatic heterocycles. The fourth-order valence-corrected chi connectivity index (χ4v) is 5.23. The van der Waals surface area contributed by atoms with Crippen molar-refractivity contribution < 1.29 is 18.7 Å². The maximum Gasteiger partial charge on any atom is 0.237 e. The van der Waals surface area contributed by atoms with Gasteiger partial charge in [0.25, 0.3) is 0 Å². The van der Waals surface area contributed by atoms with Crippen molar-refractivity contribution in [3.63, 3.8) is 0 Å². The summed E-state index contributed by atoms with van der Waals surface area (Å²) in [7, 11) is 0. The minimum atomic E-state index is -0.457. The number of hydrogen-bond donors (Lipinski definition) is 1. The second-order valence-corrected chi connectivity index (χ2v) is 10.1. The molecule has 0 spiro atoms. The summed E-state index contributed by atoms with van der Waals surface area (Å²) in [5.74, 6) is 1.57. The Morgan fingerprint density at radius 1 is 1.03 bits per heavy atom. The topological polar surface area (TPSA) is 81.5 Å². The summed E-state index contributed by atoms with van der Waals surface area (Å²) in [4.78, 5) is 15.4. The summed E-state index contributed by atoms with van der Waals surface area (Å²) in [6.45, 7) is 6.14. The number of fused-ring (bicyclic) bond motifs is 1. The highest BCUT2D eigenvalue weighted by atomic mass is 32.2. The summed E-state index contributed by atoms with van der Waals surface area (Å²) >= 11 is 1.32. The van der Waals surface area contributed by atoms with Crippen molar-refractivity contribution in [1.82, 2.24) is 19.7 Å². The fraction of sp³-hybridized carbons (Fsp3) is 0.400. The van der Waals surface area contributed by atoms with E-state index in [1.165, 1.54) is 30.3 Å². The maximum absolute atomic E-state index is 13.7. The van der Waals surface area contributed by atoms with E-state index in [1.807, 2.05) is 11.5 Å². The second kappa shape index (κ2) is 10.2. The van der Waals surface area contributed by atoms with Gasteiger partial charge in [0.15, 0.2) is 22.5 Å². The number of halogens is 1.